The van der Waals surface area contributed by atoms with Gasteiger partial charge in [0.15, 0.2) is 5.78 Å². The van der Waals surface area contributed by atoms with Gasteiger partial charge in [0.25, 0.3) is 10.1 Å². The minimum Gasteiger partial charge on any atom is -0.507 e. The number of benzene rings is 4. The molecule has 4 aromatic rings. The van der Waals surface area contributed by atoms with E-state index in [1.165, 1.54) is 19.2 Å². The Kier molecular flexibility index (Phi) is 14.1. The molecule has 0 saturated heterocycles. The Morgan fingerprint density at radius 3 is 1.81 bits per heavy atom. The molecule has 1 unspecified atom stereocenters. The second kappa shape index (κ2) is 18.2. The molecule has 10 heteroatoms. The number of esters is 1. The summed E-state index contributed by atoms with van der Waals surface area (Å²) in [5, 5.41) is 19.6. The standard InChI is InChI=1S/C24H27NO2.C14H12O6S/c1-3-5-12-19(4-2)18-27-24(26)22(17-25)23(20-13-8-6-9-14-20)21-15-10-7-11-16-21;1-20-12-8-11(15)10(7-13(12)21(17,18)19)14(16)9-5-3-2-4-6-9/h6-11,13-16,19H,3-5,12,18H2,1-2H3;2-8,15H,1H3,(H,17,18,19). The molecule has 0 radical (unpaired) electrons. The maximum Gasteiger partial charge on any atom is 0.349 e. The first-order valence-electron chi connectivity index (χ1n) is 15.5. The van der Waals surface area contributed by atoms with Crippen molar-refractivity contribution in [3.05, 3.63) is 131 Å². The zero-order chi connectivity index (χ0) is 35.1. The highest BCUT2D eigenvalue weighted by Gasteiger charge is 2.24. The summed E-state index contributed by atoms with van der Waals surface area (Å²) in [4.78, 5) is 24.4. The molecule has 4 rings (SSSR count). The predicted octanol–water partition coefficient (Wildman–Crippen LogP) is 7.65. The van der Waals surface area contributed by atoms with Gasteiger partial charge in [-0.15, -0.1) is 0 Å². The van der Waals surface area contributed by atoms with Crippen molar-refractivity contribution in [1.82, 2.24) is 0 Å². The summed E-state index contributed by atoms with van der Waals surface area (Å²) < 4.78 is 42.1. The lowest BCUT2D eigenvalue weighted by Crippen LogP contribution is -2.16. The van der Waals surface area contributed by atoms with Gasteiger partial charge in [-0.3, -0.25) is 9.35 Å². The molecule has 0 aliphatic rings. The molecule has 0 amide bonds. The van der Waals surface area contributed by atoms with E-state index in [9.17, 15) is 28.4 Å². The zero-order valence-corrected chi connectivity index (χ0v) is 27.9. The number of methoxy groups -OCH3 is 1. The number of ketones is 1. The molecule has 0 saturated carbocycles. The average molecular weight is 670 g/mol. The molecule has 0 aliphatic carbocycles. The van der Waals surface area contributed by atoms with Gasteiger partial charge in [0, 0.05) is 17.2 Å². The minimum atomic E-state index is -4.59. The quantitative estimate of drug-likeness (QED) is 0.0481. The Morgan fingerprint density at radius 2 is 1.38 bits per heavy atom. The van der Waals surface area contributed by atoms with E-state index < -0.39 is 32.5 Å². The summed E-state index contributed by atoms with van der Waals surface area (Å²) in [7, 11) is -3.41. The smallest absolute Gasteiger partial charge is 0.349 e. The Labute approximate surface area is 281 Å². The molecular formula is C38H39NO8S. The van der Waals surface area contributed by atoms with Crippen LogP contribution in [0.2, 0.25) is 0 Å². The maximum absolute atomic E-state index is 12.8. The molecular weight excluding hydrogens is 630 g/mol. The van der Waals surface area contributed by atoms with Crippen LogP contribution >= 0.6 is 0 Å². The van der Waals surface area contributed by atoms with Crippen LogP contribution < -0.4 is 4.74 Å². The van der Waals surface area contributed by atoms with E-state index in [1.54, 1.807) is 18.2 Å². The fraction of sp³-hybridized carbons (Fsp3) is 0.237. The molecule has 0 heterocycles. The van der Waals surface area contributed by atoms with E-state index in [-0.39, 0.29) is 22.4 Å². The SMILES string of the molecule is CCCCC(CC)COC(=O)C(C#N)=C(c1ccccc1)c1ccccc1.COc1cc(O)c(C(=O)c2ccccc2)cc1S(=O)(=O)O. The molecule has 250 valence electrons. The normalized spacial score (nSPS) is 11.2. The first-order chi connectivity index (χ1) is 23.0. The van der Waals surface area contributed by atoms with Gasteiger partial charge >= 0.3 is 5.97 Å². The summed E-state index contributed by atoms with van der Waals surface area (Å²) in [5.41, 5.74) is 2.36. The highest BCUT2D eigenvalue weighted by molar-refractivity contribution is 7.86. The molecule has 0 aliphatic heterocycles. The fourth-order valence-electron chi connectivity index (χ4n) is 4.87. The number of phenolic OH excluding ortho intramolecular Hbond substituents is 1. The molecule has 1 atom stereocenters. The zero-order valence-electron chi connectivity index (χ0n) is 27.1. The minimum absolute atomic E-state index is 0.0535. The van der Waals surface area contributed by atoms with Crippen molar-refractivity contribution in [3.8, 4) is 17.6 Å². The number of hydrogen-bond donors (Lipinski definition) is 2. The van der Waals surface area contributed by atoms with Crippen LogP contribution in [0.1, 0.15) is 66.6 Å². The molecule has 0 fully saturated rings. The van der Waals surface area contributed by atoms with Gasteiger partial charge < -0.3 is 14.6 Å². The Bertz CT molecular complexity index is 1810. The molecule has 48 heavy (non-hydrogen) atoms. The predicted molar refractivity (Wildman–Crippen MR) is 183 cm³/mol. The van der Waals surface area contributed by atoms with Crippen molar-refractivity contribution in [2.24, 2.45) is 5.92 Å². The number of ether oxygens (including phenoxy) is 2. The lowest BCUT2D eigenvalue weighted by molar-refractivity contribution is -0.139. The van der Waals surface area contributed by atoms with Crippen molar-refractivity contribution in [2.45, 2.75) is 44.4 Å². The number of phenols is 1. The van der Waals surface area contributed by atoms with E-state index in [4.69, 9.17) is 14.0 Å². The van der Waals surface area contributed by atoms with Crippen LogP contribution in [0.3, 0.4) is 0 Å². The first-order valence-corrected chi connectivity index (χ1v) is 16.9. The number of carbonyl (C=O) groups excluding carboxylic acids is 2. The van der Waals surface area contributed by atoms with Crippen molar-refractivity contribution >= 4 is 27.4 Å². The molecule has 2 N–H and O–H groups in total. The monoisotopic (exact) mass is 669 g/mol. The van der Waals surface area contributed by atoms with Gasteiger partial charge in [0.05, 0.1) is 19.3 Å². The highest BCUT2D eigenvalue weighted by atomic mass is 32.2. The van der Waals surface area contributed by atoms with Crippen LogP contribution in [0.5, 0.6) is 11.5 Å². The van der Waals surface area contributed by atoms with Crippen LogP contribution in [0.15, 0.2) is 114 Å². The van der Waals surface area contributed by atoms with Crippen LogP contribution in [-0.2, 0) is 19.6 Å². The van der Waals surface area contributed by atoms with E-state index in [0.717, 1.165) is 48.9 Å². The van der Waals surface area contributed by atoms with Crippen LogP contribution in [0, 0.1) is 17.2 Å². The molecule has 0 bridgehead atoms. The van der Waals surface area contributed by atoms with Gasteiger partial charge in [0.1, 0.15) is 28.0 Å². The second-order valence-corrected chi connectivity index (χ2v) is 12.2. The molecule has 0 aromatic heterocycles. The van der Waals surface area contributed by atoms with Crippen LogP contribution in [-0.4, -0.2) is 43.5 Å². The molecule has 4 aromatic carbocycles. The van der Waals surface area contributed by atoms with Crippen LogP contribution in [0.4, 0.5) is 0 Å². The van der Waals surface area contributed by atoms with E-state index in [1.807, 2.05) is 60.7 Å². The Balaban J connectivity index is 0.000000269. The average Bonchev–Trinajstić information content (AvgIpc) is 3.11. The largest absolute Gasteiger partial charge is 0.507 e. The maximum atomic E-state index is 12.8. The Hall–Kier alpha value is -5.24. The summed E-state index contributed by atoms with van der Waals surface area (Å²) in [6, 6.07) is 31.0. The second-order valence-electron chi connectivity index (χ2n) is 10.8. The number of hydrogen-bond acceptors (Lipinski definition) is 8. The van der Waals surface area contributed by atoms with Gasteiger partial charge in [-0.25, -0.2) is 4.79 Å². The van der Waals surface area contributed by atoms with Gasteiger partial charge in [0.2, 0.25) is 0 Å². The van der Waals surface area contributed by atoms with Crippen LogP contribution in [0.25, 0.3) is 5.57 Å². The lowest BCUT2D eigenvalue weighted by atomic mass is 9.93. The fourth-order valence-corrected chi connectivity index (χ4v) is 5.53. The number of carbonyl (C=O) groups is 2. The first kappa shape index (κ1) is 37.2. The third-order valence-corrected chi connectivity index (χ3v) is 8.40. The van der Waals surface area contributed by atoms with E-state index >= 15 is 0 Å². The van der Waals surface area contributed by atoms with E-state index in [0.29, 0.717) is 18.1 Å². The molecule has 0 spiro atoms. The van der Waals surface area contributed by atoms with Gasteiger partial charge in [-0.05, 0) is 29.5 Å². The van der Waals surface area contributed by atoms with E-state index in [2.05, 4.69) is 19.9 Å². The number of nitrogens with zero attached hydrogens (tertiary/aromatic N) is 1. The van der Waals surface area contributed by atoms with Crippen molar-refractivity contribution in [1.29, 1.82) is 5.26 Å². The Morgan fingerprint density at radius 1 is 0.854 bits per heavy atom. The summed E-state index contributed by atoms with van der Waals surface area (Å²) in [6.07, 6.45) is 4.25. The van der Waals surface area contributed by atoms with Gasteiger partial charge in [-0.2, -0.15) is 13.7 Å². The topological polar surface area (TPSA) is 151 Å². The molecule has 9 nitrogen and oxygen atoms in total. The van der Waals surface area contributed by atoms with Crippen molar-refractivity contribution in [2.75, 3.05) is 13.7 Å². The highest BCUT2D eigenvalue weighted by Crippen LogP contribution is 2.33. The summed E-state index contributed by atoms with van der Waals surface area (Å²) in [5.74, 6) is -1.46. The van der Waals surface area contributed by atoms with Gasteiger partial charge in [-0.1, -0.05) is 124 Å². The third-order valence-electron chi connectivity index (χ3n) is 7.52. The van der Waals surface area contributed by atoms with Crippen molar-refractivity contribution in [3.63, 3.8) is 0 Å². The third kappa shape index (κ3) is 10.1. The number of aromatic hydroxyl groups is 1. The number of unbranched alkanes of at least 4 members (excludes halogenated alkanes) is 1. The summed E-state index contributed by atoms with van der Waals surface area (Å²) >= 11 is 0. The lowest BCUT2D eigenvalue weighted by Gasteiger charge is -2.16. The summed E-state index contributed by atoms with van der Waals surface area (Å²) in [6.45, 7) is 4.62. The van der Waals surface area contributed by atoms with Crippen molar-refractivity contribution < 1.29 is 37.1 Å². The number of nitriles is 1. The number of rotatable bonds is 13.